The Labute approximate surface area is 194 Å². The normalized spacial score (nSPS) is 13.7. The third kappa shape index (κ3) is 5.02. The lowest BCUT2D eigenvalue weighted by Gasteiger charge is -2.28. The molecule has 5 rings (SSSR count). The summed E-state index contributed by atoms with van der Waals surface area (Å²) in [4.78, 5) is 24.8. The Bertz CT molecular complexity index is 1230. The molecule has 1 saturated heterocycles. The van der Waals surface area contributed by atoms with Crippen LogP contribution in [0, 0.1) is 6.92 Å². The van der Waals surface area contributed by atoms with Gasteiger partial charge in [-0.05, 0) is 42.6 Å². The van der Waals surface area contributed by atoms with Crippen LogP contribution in [0.15, 0.2) is 58.4 Å². The van der Waals surface area contributed by atoms with Crippen molar-refractivity contribution in [2.75, 3.05) is 41.8 Å². The number of hydrogen-bond acceptors (Lipinski definition) is 9. The van der Waals surface area contributed by atoms with E-state index < -0.39 is 0 Å². The number of rotatable bonds is 6. The molecule has 2 N–H and O–H groups in total. The number of thiophene rings is 1. The summed E-state index contributed by atoms with van der Waals surface area (Å²) in [5.74, 6) is 1.65. The number of hydrogen-bond donors (Lipinski definition) is 2. The van der Waals surface area contributed by atoms with Gasteiger partial charge in [0.2, 0.25) is 5.95 Å². The van der Waals surface area contributed by atoms with Gasteiger partial charge in [0.25, 0.3) is 5.91 Å². The molecule has 1 fully saturated rings. The first kappa shape index (κ1) is 21.1. The fourth-order valence-corrected chi connectivity index (χ4v) is 4.11. The van der Waals surface area contributed by atoms with Gasteiger partial charge in [-0.2, -0.15) is 4.98 Å². The lowest BCUT2D eigenvalue weighted by Crippen LogP contribution is -2.36. The van der Waals surface area contributed by atoms with Crippen LogP contribution >= 0.6 is 11.3 Å². The number of aryl methyl sites for hydroxylation is 1. The van der Waals surface area contributed by atoms with Crippen molar-refractivity contribution in [2.24, 2.45) is 0 Å². The molecule has 1 aromatic carbocycles. The van der Waals surface area contributed by atoms with Gasteiger partial charge in [0.05, 0.1) is 18.1 Å². The summed E-state index contributed by atoms with van der Waals surface area (Å²) in [6.45, 7) is 4.96. The highest BCUT2D eigenvalue weighted by atomic mass is 32.1. The van der Waals surface area contributed by atoms with E-state index in [0.717, 1.165) is 35.2 Å². The van der Waals surface area contributed by atoms with E-state index in [0.29, 0.717) is 30.6 Å². The fourth-order valence-electron chi connectivity index (χ4n) is 3.44. The molecule has 0 aliphatic carbocycles. The Hall–Kier alpha value is -3.76. The van der Waals surface area contributed by atoms with Gasteiger partial charge in [0.1, 0.15) is 5.82 Å². The molecule has 0 spiro atoms. The average Bonchev–Trinajstić information content (AvgIpc) is 3.53. The molecule has 0 unspecified atom stereocenters. The third-order valence-corrected chi connectivity index (χ3v) is 5.97. The molecular formula is C23H22N6O3S. The number of aromatic nitrogens is 3. The first-order valence-electron chi connectivity index (χ1n) is 10.5. The maximum Gasteiger partial charge on any atom is 0.277 e. The van der Waals surface area contributed by atoms with Gasteiger partial charge in [0.15, 0.2) is 11.5 Å². The molecule has 1 aliphatic rings. The summed E-state index contributed by atoms with van der Waals surface area (Å²) < 4.78 is 10.7. The van der Waals surface area contributed by atoms with E-state index in [9.17, 15) is 4.79 Å². The van der Waals surface area contributed by atoms with E-state index in [-0.39, 0.29) is 11.6 Å². The van der Waals surface area contributed by atoms with Crippen LogP contribution in [0.1, 0.15) is 16.2 Å². The van der Waals surface area contributed by atoms with Crippen LogP contribution in [-0.2, 0) is 4.74 Å². The monoisotopic (exact) mass is 462 g/mol. The van der Waals surface area contributed by atoms with Gasteiger partial charge in [-0.15, -0.1) is 11.3 Å². The van der Waals surface area contributed by atoms with Crippen LogP contribution in [0.25, 0.3) is 10.6 Å². The predicted molar refractivity (Wildman–Crippen MR) is 127 cm³/mol. The standard InChI is InChI=1S/C23H22N6O3S/c1-15-13-21(29-8-10-31-11-9-29)27-23(24-15)26-17-6-4-16(5-7-17)25-22(30)18-14-19(32-28-18)20-3-2-12-33-20/h2-7,12-14H,8-11H2,1H3,(H,25,30)(H,24,26,27). The maximum absolute atomic E-state index is 12.5. The Balaban J connectivity index is 1.24. The molecule has 168 valence electrons. The Morgan fingerprint density at radius 3 is 2.61 bits per heavy atom. The van der Waals surface area contributed by atoms with Gasteiger partial charge < -0.3 is 24.8 Å². The average molecular weight is 463 g/mol. The van der Waals surface area contributed by atoms with Crippen LogP contribution in [0.5, 0.6) is 0 Å². The number of ether oxygens (including phenoxy) is 1. The van der Waals surface area contributed by atoms with Crippen molar-refractivity contribution in [3.63, 3.8) is 0 Å². The van der Waals surface area contributed by atoms with E-state index in [1.807, 2.05) is 42.6 Å². The van der Waals surface area contributed by atoms with Crippen molar-refractivity contribution in [3.8, 4) is 10.6 Å². The first-order valence-corrected chi connectivity index (χ1v) is 11.4. The SMILES string of the molecule is Cc1cc(N2CCOCC2)nc(Nc2ccc(NC(=O)c3cc(-c4cccs4)on3)cc2)n1. The van der Waals surface area contributed by atoms with E-state index in [2.05, 4.69) is 30.7 Å². The van der Waals surface area contributed by atoms with E-state index >= 15 is 0 Å². The summed E-state index contributed by atoms with van der Waals surface area (Å²) in [7, 11) is 0. The number of carbonyl (C=O) groups is 1. The van der Waals surface area contributed by atoms with Crippen molar-refractivity contribution in [2.45, 2.75) is 6.92 Å². The smallest absolute Gasteiger partial charge is 0.277 e. The minimum absolute atomic E-state index is 0.226. The summed E-state index contributed by atoms with van der Waals surface area (Å²) in [6.07, 6.45) is 0. The van der Waals surface area contributed by atoms with E-state index in [1.54, 1.807) is 18.2 Å². The number of anilines is 4. The number of carbonyl (C=O) groups excluding carboxylic acids is 1. The van der Waals surface area contributed by atoms with E-state index in [1.165, 1.54) is 11.3 Å². The van der Waals surface area contributed by atoms with Gasteiger partial charge >= 0.3 is 0 Å². The molecule has 0 radical (unpaired) electrons. The molecule has 33 heavy (non-hydrogen) atoms. The lowest BCUT2D eigenvalue weighted by atomic mass is 10.2. The van der Waals surface area contributed by atoms with Crippen LogP contribution in [-0.4, -0.2) is 47.3 Å². The number of nitrogens with one attached hydrogen (secondary N) is 2. The largest absolute Gasteiger partial charge is 0.378 e. The van der Waals surface area contributed by atoms with Crippen molar-refractivity contribution in [1.82, 2.24) is 15.1 Å². The molecule has 4 heterocycles. The summed E-state index contributed by atoms with van der Waals surface area (Å²) >= 11 is 1.53. The van der Waals surface area contributed by atoms with Gasteiger partial charge in [0, 0.05) is 42.3 Å². The Morgan fingerprint density at radius 1 is 1.06 bits per heavy atom. The molecule has 1 amide bonds. The Kier molecular flexibility index (Phi) is 6.01. The second kappa shape index (κ2) is 9.39. The van der Waals surface area contributed by atoms with Gasteiger partial charge in [-0.3, -0.25) is 4.79 Å². The Morgan fingerprint density at radius 2 is 1.85 bits per heavy atom. The van der Waals surface area contributed by atoms with E-state index in [4.69, 9.17) is 9.26 Å². The molecule has 1 aliphatic heterocycles. The van der Waals surface area contributed by atoms with Crippen LogP contribution in [0.3, 0.4) is 0 Å². The zero-order valence-electron chi connectivity index (χ0n) is 17.9. The molecule has 9 nitrogen and oxygen atoms in total. The molecule has 10 heteroatoms. The third-order valence-electron chi connectivity index (χ3n) is 5.08. The summed E-state index contributed by atoms with van der Waals surface area (Å²) in [6, 6.07) is 14.8. The quantitative estimate of drug-likeness (QED) is 0.436. The number of benzene rings is 1. The number of nitrogens with zero attached hydrogens (tertiary/aromatic N) is 4. The number of amides is 1. The van der Waals surface area contributed by atoms with Crippen molar-refractivity contribution >= 4 is 40.4 Å². The second-order valence-corrected chi connectivity index (χ2v) is 8.45. The molecule has 3 aromatic heterocycles. The van der Waals surface area contributed by atoms with Crippen molar-refractivity contribution in [1.29, 1.82) is 0 Å². The minimum Gasteiger partial charge on any atom is -0.378 e. The topological polar surface area (TPSA) is 105 Å². The van der Waals surface area contributed by atoms with Crippen LogP contribution in [0.2, 0.25) is 0 Å². The molecule has 0 atom stereocenters. The predicted octanol–water partition coefficient (Wildman–Crippen LogP) is 4.33. The highest BCUT2D eigenvalue weighted by Crippen LogP contribution is 2.26. The summed E-state index contributed by atoms with van der Waals surface area (Å²) in [5, 5.41) is 11.9. The van der Waals surface area contributed by atoms with Gasteiger partial charge in [-0.1, -0.05) is 11.2 Å². The van der Waals surface area contributed by atoms with Crippen LogP contribution in [0.4, 0.5) is 23.1 Å². The zero-order valence-corrected chi connectivity index (χ0v) is 18.8. The first-order chi connectivity index (χ1) is 16.1. The number of morpholine rings is 1. The zero-order chi connectivity index (χ0) is 22.6. The minimum atomic E-state index is -0.334. The highest BCUT2D eigenvalue weighted by molar-refractivity contribution is 7.13. The molecule has 4 aromatic rings. The summed E-state index contributed by atoms with van der Waals surface area (Å²) in [5.41, 5.74) is 2.56. The van der Waals surface area contributed by atoms with Crippen molar-refractivity contribution in [3.05, 3.63) is 65.3 Å². The van der Waals surface area contributed by atoms with Crippen molar-refractivity contribution < 1.29 is 14.1 Å². The molecule has 0 saturated carbocycles. The lowest BCUT2D eigenvalue weighted by molar-refractivity contribution is 0.101. The second-order valence-electron chi connectivity index (χ2n) is 7.50. The van der Waals surface area contributed by atoms with Gasteiger partial charge in [-0.25, -0.2) is 4.98 Å². The maximum atomic E-state index is 12.5. The molecular weight excluding hydrogens is 440 g/mol. The fraction of sp³-hybridized carbons (Fsp3) is 0.217. The molecule has 0 bridgehead atoms. The van der Waals surface area contributed by atoms with Crippen LogP contribution < -0.4 is 15.5 Å². The highest BCUT2D eigenvalue weighted by Gasteiger charge is 2.16.